The van der Waals surface area contributed by atoms with Gasteiger partial charge in [-0.25, -0.2) is 0 Å². The number of nitrogens with one attached hydrogen (secondary N) is 1. The van der Waals surface area contributed by atoms with Crippen molar-refractivity contribution in [2.24, 2.45) is 0 Å². The van der Waals surface area contributed by atoms with Gasteiger partial charge in [-0.05, 0) is 74.1 Å². The van der Waals surface area contributed by atoms with E-state index in [-0.39, 0.29) is 5.91 Å². The lowest BCUT2D eigenvalue weighted by molar-refractivity contribution is -0.128. The van der Waals surface area contributed by atoms with E-state index in [9.17, 15) is 4.79 Å². The molecule has 0 unspecified atom stereocenters. The highest BCUT2D eigenvalue weighted by Crippen LogP contribution is 2.21. The molecule has 0 aliphatic carbocycles. The predicted molar refractivity (Wildman–Crippen MR) is 110 cm³/mol. The lowest BCUT2D eigenvalue weighted by Gasteiger charge is -2.19. The van der Waals surface area contributed by atoms with Gasteiger partial charge in [-0.3, -0.25) is 4.79 Å². The minimum absolute atomic E-state index is 0.0700. The average Bonchev–Trinajstić information content (AvgIpc) is 3.22. The third-order valence-corrected chi connectivity index (χ3v) is 5.29. The number of benzene rings is 2. The van der Waals surface area contributed by atoms with Crippen molar-refractivity contribution in [3.05, 3.63) is 59.2 Å². The van der Waals surface area contributed by atoms with E-state index in [4.69, 9.17) is 4.74 Å². The van der Waals surface area contributed by atoms with Crippen LogP contribution in [0, 0.1) is 13.8 Å². The molecule has 1 amide bonds. The van der Waals surface area contributed by atoms with Crippen LogP contribution in [0.2, 0.25) is 0 Å². The number of hydrogen-bond acceptors (Lipinski definition) is 3. The molecule has 0 bridgehead atoms. The number of carbonyl (C=O) groups excluding carboxylic acids is 1. The topological polar surface area (TPSA) is 41.6 Å². The van der Waals surface area contributed by atoms with E-state index in [1.807, 2.05) is 25.1 Å². The van der Waals surface area contributed by atoms with Gasteiger partial charge < -0.3 is 15.0 Å². The van der Waals surface area contributed by atoms with Crippen LogP contribution >= 0.6 is 0 Å². The monoisotopic (exact) mass is 366 g/mol. The Morgan fingerprint density at radius 1 is 1.07 bits per heavy atom. The average molecular weight is 367 g/mol. The van der Waals surface area contributed by atoms with E-state index in [0.717, 1.165) is 24.4 Å². The molecule has 1 N–H and O–H groups in total. The molecular weight excluding hydrogens is 336 g/mol. The molecule has 4 heteroatoms. The molecule has 0 spiro atoms. The third kappa shape index (κ3) is 5.03. The zero-order valence-corrected chi connectivity index (χ0v) is 16.6. The highest BCUT2D eigenvalue weighted by molar-refractivity contribution is 5.81. The molecule has 3 rings (SSSR count). The van der Waals surface area contributed by atoms with Crippen molar-refractivity contribution in [1.82, 2.24) is 5.32 Å². The molecule has 144 valence electrons. The van der Waals surface area contributed by atoms with Crippen molar-refractivity contribution < 1.29 is 9.53 Å². The molecular formula is C23H30N2O2. The van der Waals surface area contributed by atoms with Gasteiger partial charge >= 0.3 is 0 Å². The first-order valence-corrected chi connectivity index (χ1v) is 9.92. The van der Waals surface area contributed by atoms with Gasteiger partial charge in [0.25, 0.3) is 5.91 Å². The summed E-state index contributed by atoms with van der Waals surface area (Å²) in [7, 11) is 0. The second-order valence-corrected chi connectivity index (χ2v) is 7.34. The zero-order valence-electron chi connectivity index (χ0n) is 16.6. The Balaban J connectivity index is 1.54. The summed E-state index contributed by atoms with van der Waals surface area (Å²) in [5, 5.41) is 3.01. The van der Waals surface area contributed by atoms with E-state index < -0.39 is 6.10 Å². The van der Waals surface area contributed by atoms with Crippen molar-refractivity contribution in [2.75, 3.05) is 18.0 Å². The summed E-state index contributed by atoms with van der Waals surface area (Å²) in [6, 6.07) is 14.4. The highest BCUT2D eigenvalue weighted by Gasteiger charge is 2.18. The molecule has 0 aromatic heterocycles. The zero-order chi connectivity index (χ0) is 19.2. The van der Waals surface area contributed by atoms with Crippen molar-refractivity contribution in [1.29, 1.82) is 0 Å². The fourth-order valence-electron chi connectivity index (χ4n) is 3.38. The number of anilines is 1. The summed E-state index contributed by atoms with van der Waals surface area (Å²) < 4.78 is 5.92. The van der Waals surface area contributed by atoms with Crippen LogP contribution in [0.5, 0.6) is 5.75 Å². The molecule has 27 heavy (non-hydrogen) atoms. The first kappa shape index (κ1) is 19.3. The second-order valence-electron chi connectivity index (χ2n) is 7.34. The van der Waals surface area contributed by atoms with Gasteiger partial charge in [0.2, 0.25) is 0 Å². The Kier molecular flexibility index (Phi) is 6.38. The maximum atomic E-state index is 12.5. The van der Waals surface area contributed by atoms with Crippen LogP contribution < -0.4 is 15.0 Å². The summed E-state index contributed by atoms with van der Waals surface area (Å²) in [6.07, 6.45) is 2.70. The second kappa shape index (κ2) is 8.94. The van der Waals surface area contributed by atoms with Crippen LogP contribution in [0.15, 0.2) is 42.5 Å². The quantitative estimate of drug-likeness (QED) is 0.791. The first-order valence-electron chi connectivity index (χ1n) is 9.92. The maximum Gasteiger partial charge on any atom is 0.261 e. The van der Waals surface area contributed by atoms with Crippen LogP contribution in [0.3, 0.4) is 0 Å². The molecule has 1 saturated heterocycles. The van der Waals surface area contributed by atoms with Crippen LogP contribution in [0.25, 0.3) is 0 Å². The summed E-state index contributed by atoms with van der Waals surface area (Å²) >= 11 is 0. The molecule has 1 aliphatic rings. The van der Waals surface area contributed by atoms with Gasteiger partial charge in [-0.1, -0.05) is 25.1 Å². The number of ether oxygens (including phenoxy) is 1. The largest absolute Gasteiger partial charge is 0.481 e. The third-order valence-electron chi connectivity index (χ3n) is 5.29. The Bertz CT molecular complexity index is 764. The number of hydrogen-bond donors (Lipinski definition) is 1. The highest BCUT2D eigenvalue weighted by atomic mass is 16.5. The first-order chi connectivity index (χ1) is 13.1. The van der Waals surface area contributed by atoms with Crippen LogP contribution in [0.4, 0.5) is 5.69 Å². The summed E-state index contributed by atoms with van der Waals surface area (Å²) in [5.74, 6) is 0.675. The summed E-state index contributed by atoms with van der Waals surface area (Å²) in [5.41, 5.74) is 4.76. The van der Waals surface area contributed by atoms with E-state index in [1.165, 1.54) is 29.7 Å². The molecule has 0 radical (unpaired) electrons. The number of aryl methyl sites for hydroxylation is 2. The number of carbonyl (C=O) groups is 1. The van der Waals surface area contributed by atoms with Gasteiger partial charge in [0.1, 0.15) is 5.75 Å². The predicted octanol–water partition coefficient (Wildman–Crippen LogP) is 4.38. The van der Waals surface area contributed by atoms with Gasteiger partial charge in [0.15, 0.2) is 6.10 Å². The lowest BCUT2D eigenvalue weighted by Crippen LogP contribution is -2.37. The van der Waals surface area contributed by atoms with E-state index in [1.54, 1.807) is 0 Å². The molecule has 4 nitrogen and oxygen atoms in total. The molecule has 2 aromatic carbocycles. The number of rotatable bonds is 7. The molecule has 1 aliphatic heterocycles. The van der Waals surface area contributed by atoms with Gasteiger partial charge in [-0.2, -0.15) is 0 Å². The Labute approximate surface area is 162 Å². The molecule has 0 saturated carbocycles. The van der Waals surface area contributed by atoms with Crippen LogP contribution in [0.1, 0.15) is 42.9 Å². The normalized spacial score (nSPS) is 14.9. The van der Waals surface area contributed by atoms with Crippen LogP contribution in [-0.2, 0) is 11.3 Å². The van der Waals surface area contributed by atoms with E-state index >= 15 is 0 Å². The molecule has 2 aromatic rings. The Morgan fingerprint density at radius 3 is 2.41 bits per heavy atom. The minimum atomic E-state index is -0.476. The van der Waals surface area contributed by atoms with Crippen molar-refractivity contribution >= 4 is 11.6 Å². The summed E-state index contributed by atoms with van der Waals surface area (Å²) in [6.45, 7) is 8.89. The fraction of sp³-hybridized carbons (Fsp3) is 0.435. The van der Waals surface area contributed by atoms with E-state index in [0.29, 0.717) is 13.0 Å². The molecule has 1 atom stereocenters. The van der Waals surface area contributed by atoms with E-state index in [2.05, 4.69) is 48.3 Å². The fourth-order valence-corrected chi connectivity index (χ4v) is 3.38. The van der Waals surface area contributed by atoms with Crippen molar-refractivity contribution in [3.63, 3.8) is 0 Å². The van der Waals surface area contributed by atoms with Crippen LogP contribution in [-0.4, -0.2) is 25.1 Å². The number of nitrogens with zero attached hydrogens (tertiary/aromatic N) is 1. The standard InChI is InChI=1S/C23H30N2O2/c1-4-22(27-21-12-7-17(2)18(3)15-21)23(26)24-16-19-8-10-20(11-9-19)25-13-5-6-14-25/h7-12,15,22H,4-6,13-14,16H2,1-3H3,(H,24,26)/t22-/m0/s1. The van der Waals surface area contributed by atoms with Crippen molar-refractivity contribution in [3.8, 4) is 5.75 Å². The smallest absolute Gasteiger partial charge is 0.261 e. The van der Waals surface area contributed by atoms with Gasteiger partial charge in [0, 0.05) is 25.3 Å². The van der Waals surface area contributed by atoms with Gasteiger partial charge in [-0.15, -0.1) is 0 Å². The SMILES string of the molecule is CC[C@H](Oc1ccc(C)c(C)c1)C(=O)NCc1ccc(N2CCCC2)cc1. The van der Waals surface area contributed by atoms with Gasteiger partial charge in [0.05, 0.1) is 0 Å². The molecule has 1 fully saturated rings. The lowest BCUT2D eigenvalue weighted by atomic mass is 10.1. The summed E-state index contributed by atoms with van der Waals surface area (Å²) in [4.78, 5) is 14.9. The number of amides is 1. The minimum Gasteiger partial charge on any atom is -0.481 e. The molecule has 1 heterocycles. The Hall–Kier alpha value is -2.49. The maximum absolute atomic E-state index is 12.5. The van der Waals surface area contributed by atoms with Crippen molar-refractivity contribution in [2.45, 2.75) is 52.7 Å². The Morgan fingerprint density at radius 2 is 1.78 bits per heavy atom.